The minimum Gasteiger partial charge on any atom is -0.226 e. The van der Waals surface area contributed by atoms with Gasteiger partial charge in [-0.1, -0.05) is 36.4 Å². The zero-order valence-electron chi connectivity index (χ0n) is 13.6. The summed E-state index contributed by atoms with van der Waals surface area (Å²) in [6.07, 6.45) is 6.96. The van der Waals surface area contributed by atoms with Crippen LogP contribution in [0, 0.1) is 5.92 Å². The van der Waals surface area contributed by atoms with Crippen LogP contribution in [0.2, 0.25) is 0 Å². The van der Waals surface area contributed by atoms with E-state index in [9.17, 15) is 8.42 Å². The molecule has 0 radical (unpaired) electrons. The van der Waals surface area contributed by atoms with E-state index in [1.165, 1.54) is 6.26 Å². The molecule has 24 heavy (non-hydrogen) atoms. The molecule has 2 aromatic rings. The largest absolute Gasteiger partial charge is 0.226 e. The van der Waals surface area contributed by atoms with Crippen molar-refractivity contribution in [1.29, 1.82) is 0 Å². The number of hydrogen-bond donors (Lipinski definition) is 0. The third kappa shape index (κ3) is 4.27. The van der Waals surface area contributed by atoms with Gasteiger partial charge in [0.25, 0.3) is 0 Å². The third-order valence-electron chi connectivity index (χ3n) is 4.17. The number of rotatable bonds is 5. The summed E-state index contributed by atoms with van der Waals surface area (Å²) < 4.78 is 26.7. The number of hydrogen-bond acceptors (Lipinski definition) is 5. The predicted octanol–water partition coefficient (Wildman–Crippen LogP) is 1.52. The van der Waals surface area contributed by atoms with Crippen molar-refractivity contribution in [1.82, 2.24) is 24.5 Å². The maximum absolute atomic E-state index is 11.7. The maximum Gasteiger partial charge on any atom is 0.211 e. The molecular formula is C16H21N5O2S. The molecule has 128 valence electrons. The van der Waals surface area contributed by atoms with Gasteiger partial charge in [-0.05, 0) is 40.8 Å². The highest BCUT2D eigenvalue weighted by molar-refractivity contribution is 7.88. The number of tetrazole rings is 1. The second kappa shape index (κ2) is 7.23. The summed E-state index contributed by atoms with van der Waals surface area (Å²) in [6.45, 7) is 1.75. The Balaban J connectivity index is 1.68. The molecule has 1 fully saturated rings. The van der Waals surface area contributed by atoms with Gasteiger partial charge in [-0.25, -0.2) is 17.4 Å². The van der Waals surface area contributed by atoms with Gasteiger partial charge >= 0.3 is 0 Å². The summed E-state index contributed by atoms with van der Waals surface area (Å²) in [5.41, 5.74) is 1.08. The molecule has 1 atom stereocenters. The molecule has 8 heteroatoms. The number of piperidine rings is 1. The van der Waals surface area contributed by atoms with Crippen LogP contribution in [0.5, 0.6) is 0 Å². The van der Waals surface area contributed by atoms with Crippen molar-refractivity contribution >= 4 is 22.2 Å². The Morgan fingerprint density at radius 1 is 1.25 bits per heavy atom. The molecule has 3 rings (SSSR count). The van der Waals surface area contributed by atoms with Crippen molar-refractivity contribution in [2.45, 2.75) is 19.4 Å². The van der Waals surface area contributed by atoms with Gasteiger partial charge in [-0.2, -0.15) is 0 Å². The summed E-state index contributed by atoms with van der Waals surface area (Å²) in [5.74, 6) is 0.899. The first kappa shape index (κ1) is 16.8. The van der Waals surface area contributed by atoms with Crippen molar-refractivity contribution in [2.75, 3.05) is 19.3 Å². The molecule has 0 amide bonds. The summed E-state index contributed by atoms with van der Waals surface area (Å²) >= 11 is 0. The molecule has 0 bridgehead atoms. The van der Waals surface area contributed by atoms with Gasteiger partial charge in [0, 0.05) is 19.6 Å². The second-order valence-electron chi connectivity index (χ2n) is 6.09. The first-order chi connectivity index (χ1) is 11.5. The van der Waals surface area contributed by atoms with Crippen LogP contribution in [0.15, 0.2) is 30.3 Å². The summed E-state index contributed by atoms with van der Waals surface area (Å²) in [7, 11) is -3.14. The van der Waals surface area contributed by atoms with E-state index in [0.717, 1.165) is 18.4 Å². The highest BCUT2D eigenvalue weighted by atomic mass is 32.2. The zero-order chi connectivity index (χ0) is 17.0. The topological polar surface area (TPSA) is 81.0 Å². The van der Waals surface area contributed by atoms with Crippen LogP contribution in [0.1, 0.15) is 24.2 Å². The van der Waals surface area contributed by atoms with E-state index in [0.29, 0.717) is 25.5 Å². The van der Waals surface area contributed by atoms with E-state index < -0.39 is 10.0 Å². The number of aromatic nitrogens is 4. The smallest absolute Gasteiger partial charge is 0.211 e. The van der Waals surface area contributed by atoms with E-state index in [2.05, 4.69) is 15.5 Å². The summed E-state index contributed by atoms with van der Waals surface area (Å²) in [6, 6.07) is 9.94. The van der Waals surface area contributed by atoms with E-state index in [1.54, 1.807) is 8.99 Å². The van der Waals surface area contributed by atoms with Crippen molar-refractivity contribution in [2.24, 2.45) is 5.92 Å². The molecule has 1 aliphatic rings. The Hall–Kier alpha value is -2.06. The van der Waals surface area contributed by atoms with Crippen LogP contribution in [-0.4, -0.2) is 52.3 Å². The van der Waals surface area contributed by atoms with Crippen molar-refractivity contribution < 1.29 is 8.42 Å². The molecule has 1 aliphatic heterocycles. The zero-order valence-corrected chi connectivity index (χ0v) is 14.4. The van der Waals surface area contributed by atoms with Gasteiger partial charge in [0.05, 0.1) is 6.26 Å². The predicted molar refractivity (Wildman–Crippen MR) is 92.3 cm³/mol. The number of nitrogens with zero attached hydrogens (tertiary/aromatic N) is 5. The normalized spacial score (nSPS) is 19.8. The molecule has 7 nitrogen and oxygen atoms in total. The lowest BCUT2D eigenvalue weighted by molar-refractivity contribution is 0.239. The Morgan fingerprint density at radius 3 is 2.79 bits per heavy atom. The monoisotopic (exact) mass is 347 g/mol. The molecule has 0 unspecified atom stereocenters. The van der Waals surface area contributed by atoms with Gasteiger partial charge in [0.2, 0.25) is 10.0 Å². The van der Waals surface area contributed by atoms with Crippen LogP contribution >= 0.6 is 0 Å². The summed E-state index contributed by atoms with van der Waals surface area (Å²) in [4.78, 5) is 0. The average molecular weight is 347 g/mol. The maximum atomic E-state index is 11.7. The van der Waals surface area contributed by atoms with Crippen LogP contribution in [-0.2, 0) is 16.6 Å². The highest BCUT2D eigenvalue weighted by Crippen LogP contribution is 2.20. The Bertz CT molecular complexity index is 801. The molecule has 1 saturated heterocycles. The Kier molecular flexibility index (Phi) is 5.06. The van der Waals surface area contributed by atoms with Crippen molar-refractivity contribution in [3.63, 3.8) is 0 Å². The Morgan fingerprint density at radius 2 is 2.04 bits per heavy atom. The first-order valence-electron chi connectivity index (χ1n) is 7.97. The minimum atomic E-state index is -3.14. The molecule has 0 spiro atoms. The summed E-state index contributed by atoms with van der Waals surface area (Å²) in [5, 5.41) is 11.8. The van der Waals surface area contributed by atoms with Gasteiger partial charge in [-0.3, -0.25) is 0 Å². The molecule has 2 heterocycles. The van der Waals surface area contributed by atoms with E-state index >= 15 is 0 Å². The van der Waals surface area contributed by atoms with Gasteiger partial charge in [0.15, 0.2) is 5.82 Å². The lowest BCUT2D eigenvalue weighted by Gasteiger charge is -2.30. The van der Waals surface area contributed by atoms with E-state index in [-0.39, 0.29) is 5.92 Å². The van der Waals surface area contributed by atoms with Crippen LogP contribution in [0.3, 0.4) is 0 Å². The molecule has 0 aliphatic carbocycles. The van der Waals surface area contributed by atoms with Crippen molar-refractivity contribution in [3.8, 4) is 0 Å². The lowest BCUT2D eigenvalue weighted by atomic mass is 10.00. The average Bonchev–Trinajstić information content (AvgIpc) is 3.00. The molecule has 0 saturated carbocycles. The SMILES string of the molecule is CS(=O)(=O)N1CCC[C@H](Cn2nnnc2C=Cc2ccccc2)C1. The minimum absolute atomic E-state index is 0.223. The number of benzene rings is 1. The van der Waals surface area contributed by atoms with Crippen LogP contribution in [0.4, 0.5) is 0 Å². The van der Waals surface area contributed by atoms with Gasteiger partial charge in [0.1, 0.15) is 0 Å². The van der Waals surface area contributed by atoms with Gasteiger partial charge in [-0.15, -0.1) is 5.10 Å². The fourth-order valence-electron chi connectivity index (χ4n) is 2.92. The van der Waals surface area contributed by atoms with E-state index in [4.69, 9.17) is 0 Å². The lowest BCUT2D eigenvalue weighted by Crippen LogP contribution is -2.40. The molecular weight excluding hydrogens is 326 g/mol. The first-order valence-corrected chi connectivity index (χ1v) is 9.81. The van der Waals surface area contributed by atoms with E-state index in [1.807, 2.05) is 42.5 Å². The molecule has 0 N–H and O–H groups in total. The van der Waals surface area contributed by atoms with Gasteiger partial charge < -0.3 is 0 Å². The fourth-order valence-corrected chi connectivity index (χ4v) is 3.86. The quantitative estimate of drug-likeness (QED) is 0.819. The second-order valence-corrected chi connectivity index (χ2v) is 8.07. The van der Waals surface area contributed by atoms with Crippen LogP contribution < -0.4 is 0 Å². The standard InChI is InChI=1S/C16H21N5O2S/c1-24(22,23)20-11-5-8-15(12-20)13-21-16(17-18-19-21)10-9-14-6-3-2-4-7-14/h2-4,6-7,9-10,15H,5,8,11-13H2,1H3/t15-/m0/s1. The van der Waals surface area contributed by atoms with Crippen LogP contribution in [0.25, 0.3) is 12.2 Å². The molecule has 1 aromatic carbocycles. The highest BCUT2D eigenvalue weighted by Gasteiger charge is 2.26. The molecule has 1 aromatic heterocycles. The van der Waals surface area contributed by atoms with Crippen molar-refractivity contribution in [3.05, 3.63) is 41.7 Å². The third-order valence-corrected chi connectivity index (χ3v) is 5.44. The number of sulfonamides is 1. The fraction of sp³-hybridized carbons (Fsp3) is 0.438. The Labute approximate surface area is 142 Å².